The molecule has 1 aromatic rings. The van der Waals surface area contributed by atoms with Crippen molar-refractivity contribution in [2.45, 2.75) is 76.2 Å². The predicted molar refractivity (Wildman–Crippen MR) is 108 cm³/mol. The average molecular weight is 402 g/mol. The molecule has 0 aliphatic carbocycles. The van der Waals surface area contributed by atoms with E-state index >= 15 is 0 Å². The molecule has 0 spiro atoms. The Hall–Kier alpha value is -1.99. The minimum absolute atomic E-state index is 0.363. The molecule has 29 heavy (non-hydrogen) atoms. The number of hydrogen-bond donors (Lipinski definition) is 0. The van der Waals surface area contributed by atoms with Crippen molar-refractivity contribution in [3.63, 3.8) is 0 Å². The van der Waals surface area contributed by atoms with Crippen LogP contribution in [-0.2, 0) is 35.1 Å². The van der Waals surface area contributed by atoms with Gasteiger partial charge in [0.1, 0.15) is 23.9 Å². The zero-order valence-electron chi connectivity index (χ0n) is 17.3. The Bertz CT molecular complexity index is 730. The predicted octanol–water partition coefficient (Wildman–Crippen LogP) is 3.90. The number of ether oxygens (including phenoxy) is 5. The van der Waals surface area contributed by atoms with E-state index in [9.17, 15) is 4.79 Å². The van der Waals surface area contributed by atoms with Gasteiger partial charge in [-0.3, -0.25) is 4.79 Å². The lowest BCUT2D eigenvalue weighted by atomic mass is 9.84. The fraction of sp³-hybridized carbons (Fsp3) is 0.522. The monoisotopic (exact) mass is 402 g/mol. The van der Waals surface area contributed by atoms with E-state index < -0.39 is 42.0 Å². The lowest BCUT2D eigenvalue weighted by Crippen LogP contribution is -2.55. The van der Waals surface area contributed by atoms with Crippen LogP contribution in [0.3, 0.4) is 0 Å². The summed E-state index contributed by atoms with van der Waals surface area (Å²) in [5.41, 5.74) is 0.0248. The molecule has 1 aromatic carbocycles. The smallest absolute Gasteiger partial charge is 0.303 e. The second kappa shape index (κ2) is 8.79. The third kappa shape index (κ3) is 4.61. The van der Waals surface area contributed by atoms with Gasteiger partial charge >= 0.3 is 5.97 Å². The van der Waals surface area contributed by atoms with E-state index in [0.29, 0.717) is 19.4 Å². The van der Waals surface area contributed by atoms with E-state index in [1.54, 1.807) is 12.2 Å². The summed E-state index contributed by atoms with van der Waals surface area (Å²) in [6, 6.07) is 9.86. The standard InChI is InChI=1S/C23H30O6/c1-6-11-18(26-16(3)24)23(14-7-2)20(25-15-17-12-9-8-10-13-17)19-21(29-23)28-22(4,5)27-19/h6-10,12-13,18-21H,1-2,11,14-15H2,3-5H3/t18-,19+,20+,21-,23+/m0/s1. The first-order valence-corrected chi connectivity index (χ1v) is 9.89. The van der Waals surface area contributed by atoms with Crippen LogP contribution < -0.4 is 0 Å². The van der Waals surface area contributed by atoms with Crippen molar-refractivity contribution in [2.24, 2.45) is 0 Å². The van der Waals surface area contributed by atoms with Crippen LogP contribution in [0.4, 0.5) is 0 Å². The molecule has 2 fully saturated rings. The van der Waals surface area contributed by atoms with Crippen molar-refractivity contribution in [1.29, 1.82) is 0 Å². The van der Waals surface area contributed by atoms with Crippen LogP contribution in [0.1, 0.15) is 39.2 Å². The Labute approximate surface area is 172 Å². The molecular formula is C23H30O6. The van der Waals surface area contributed by atoms with Crippen LogP contribution in [0.25, 0.3) is 0 Å². The lowest BCUT2D eigenvalue weighted by Gasteiger charge is -2.41. The number of carbonyl (C=O) groups is 1. The highest BCUT2D eigenvalue weighted by molar-refractivity contribution is 5.66. The number of benzene rings is 1. The van der Waals surface area contributed by atoms with Gasteiger partial charge in [-0.05, 0) is 19.4 Å². The van der Waals surface area contributed by atoms with Gasteiger partial charge in [-0.1, -0.05) is 42.5 Å². The number of carbonyl (C=O) groups excluding carboxylic acids is 1. The topological polar surface area (TPSA) is 63.2 Å². The molecule has 0 amide bonds. The maximum Gasteiger partial charge on any atom is 0.303 e. The molecule has 6 heteroatoms. The summed E-state index contributed by atoms with van der Waals surface area (Å²) in [5, 5.41) is 0. The molecule has 2 aliphatic rings. The molecule has 0 N–H and O–H groups in total. The van der Waals surface area contributed by atoms with E-state index in [1.165, 1.54) is 6.92 Å². The Balaban J connectivity index is 1.95. The van der Waals surface area contributed by atoms with Crippen molar-refractivity contribution in [1.82, 2.24) is 0 Å². The van der Waals surface area contributed by atoms with E-state index in [-0.39, 0.29) is 0 Å². The van der Waals surface area contributed by atoms with Gasteiger partial charge in [-0.25, -0.2) is 0 Å². The Morgan fingerprint density at radius 1 is 1.17 bits per heavy atom. The quantitative estimate of drug-likeness (QED) is 0.461. The second-order valence-electron chi connectivity index (χ2n) is 7.87. The average Bonchev–Trinajstić information content (AvgIpc) is 3.09. The number of esters is 1. The van der Waals surface area contributed by atoms with E-state index in [1.807, 2.05) is 44.2 Å². The summed E-state index contributed by atoms with van der Waals surface area (Å²) in [6.07, 6.45) is 2.01. The van der Waals surface area contributed by atoms with Crippen LogP contribution in [0.15, 0.2) is 55.6 Å². The van der Waals surface area contributed by atoms with Crippen LogP contribution in [0, 0.1) is 0 Å². The highest BCUT2D eigenvalue weighted by atomic mass is 16.8. The normalized spacial score (nSPS) is 31.1. The molecule has 6 nitrogen and oxygen atoms in total. The van der Waals surface area contributed by atoms with Gasteiger partial charge in [0, 0.05) is 19.8 Å². The summed E-state index contributed by atoms with van der Waals surface area (Å²) in [4.78, 5) is 11.8. The first-order valence-electron chi connectivity index (χ1n) is 9.89. The summed E-state index contributed by atoms with van der Waals surface area (Å²) in [5.74, 6) is -1.19. The SMILES string of the molecule is C=CC[C@H](OC(C)=O)[C@@]1(CC=C)O[C@@H]2OC(C)(C)O[C@@H]2[C@H]1OCc1ccccc1. The lowest BCUT2D eigenvalue weighted by molar-refractivity contribution is -0.265. The third-order valence-electron chi connectivity index (χ3n) is 5.17. The van der Waals surface area contributed by atoms with Crippen molar-refractivity contribution in [2.75, 3.05) is 0 Å². The molecule has 2 saturated heterocycles. The fourth-order valence-corrected chi connectivity index (χ4v) is 4.09. The number of fused-ring (bicyclic) bond motifs is 1. The Morgan fingerprint density at radius 3 is 2.52 bits per heavy atom. The summed E-state index contributed by atoms with van der Waals surface area (Å²) < 4.78 is 30.5. The van der Waals surface area contributed by atoms with E-state index in [4.69, 9.17) is 23.7 Å². The Morgan fingerprint density at radius 2 is 1.90 bits per heavy atom. The highest BCUT2D eigenvalue weighted by Crippen LogP contribution is 2.48. The molecule has 2 heterocycles. The van der Waals surface area contributed by atoms with Gasteiger partial charge < -0.3 is 23.7 Å². The third-order valence-corrected chi connectivity index (χ3v) is 5.17. The van der Waals surface area contributed by atoms with E-state index in [2.05, 4.69) is 13.2 Å². The van der Waals surface area contributed by atoms with Crippen molar-refractivity contribution >= 4 is 5.97 Å². The second-order valence-corrected chi connectivity index (χ2v) is 7.87. The minimum Gasteiger partial charge on any atom is -0.459 e. The molecular weight excluding hydrogens is 372 g/mol. The zero-order valence-corrected chi connectivity index (χ0v) is 17.3. The van der Waals surface area contributed by atoms with Gasteiger partial charge in [-0.2, -0.15) is 0 Å². The number of hydrogen-bond acceptors (Lipinski definition) is 6. The van der Waals surface area contributed by atoms with Gasteiger partial charge in [0.25, 0.3) is 0 Å². The molecule has 158 valence electrons. The molecule has 5 atom stereocenters. The molecule has 0 unspecified atom stereocenters. The van der Waals surface area contributed by atoms with Crippen molar-refractivity contribution in [3.05, 3.63) is 61.2 Å². The van der Waals surface area contributed by atoms with Gasteiger partial charge in [0.2, 0.25) is 0 Å². The maximum absolute atomic E-state index is 11.8. The minimum atomic E-state index is -0.998. The molecule has 0 saturated carbocycles. The van der Waals surface area contributed by atoms with Crippen LogP contribution >= 0.6 is 0 Å². The highest BCUT2D eigenvalue weighted by Gasteiger charge is 2.65. The van der Waals surface area contributed by atoms with Gasteiger partial charge in [0.05, 0.1) is 6.61 Å². The fourth-order valence-electron chi connectivity index (χ4n) is 4.09. The molecule has 2 aliphatic heterocycles. The maximum atomic E-state index is 11.8. The summed E-state index contributed by atoms with van der Waals surface area (Å²) in [6.45, 7) is 13.1. The van der Waals surface area contributed by atoms with Crippen molar-refractivity contribution in [3.8, 4) is 0 Å². The zero-order chi connectivity index (χ0) is 21.1. The van der Waals surface area contributed by atoms with Crippen LogP contribution in [0.5, 0.6) is 0 Å². The van der Waals surface area contributed by atoms with E-state index in [0.717, 1.165) is 5.56 Å². The Kier molecular flexibility index (Phi) is 6.58. The van der Waals surface area contributed by atoms with Crippen molar-refractivity contribution < 1.29 is 28.5 Å². The number of rotatable bonds is 9. The van der Waals surface area contributed by atoms with Gasteiger partial charge in [-0.15, -0.1) is 13.2 Å². The summed E-state index contributed by atoms with van der Waals surface area (Å²) >= 11 is 0. The molecule has 0 aromatic heterocycles. The largest absolute Gasteiger partial charge is 0.459 e. The molecule has 0 bridgehead atoms. The van der Waals surface area contributed by atoms with Crippen LogP contribution in [0.2, 0.25) is 0 Å². The van der Waals surface area contributed by atoms with Gasteiger partial charge in [0.15, 0.2) is 12.1 Å². The van der Waals surface area contributed by atoms with Crippen LogP contribution in [-0.4, -0.2) is 42.0 Å². The molecule has 3 rings (SSSR count). The molecule has 0 radical (unpaired) electrons. The first kappa shape index (κ1) is 21.7. The summed E-state index contributed by atoms with van der Waals surface area (Å²) in [7, 11) is 0. The first-order chi connectivity index (χ1) is 13.8.